The van der Waals surface area contributed by atoms with Crippen molar-refractivity contribution in [3.63, 3.8) is 0 Å². The second-order valence-corrected chi connectivity index (χ2v) is 9.05. The van der Waals surface area contributed by atoms with Crippen LogP contribution >= 0.6 is 27.7 Å². The van der Waals surface area contributed by atoms with E-state index in [1.807, 2.05) is 91.2 Å². The number of ether oxygens (including phenoxy) is 1. The highest BCUT2D eigenvalue weighted by molar-refractivity contribution is 9.10. The number of thioether (sulfide) groups is 1. The lowest BCUT2D eigenvalue weighted by Crippen LogP contribution is -2.15. The summed E-state index contributed by atoms with van der Waals surface area (Å²) < 4.78 is 8.38. The standard InChI is InChI=1S/C25H23BrN4O2S/c1-3-32-20-14-12-19(13-15-20)30-24(18-10-8-17(2)9-11-18)28-29-25(30)33-16-23(31)27-22-7-5-4-6-21(22)26/h4-15H,3,16H2,1-2H3,(H,27,31). The molecule has 0 fully saturated rings. The molecule has 0 radical (unpaired) electrons. The van der Waals surface area contributed by atoms with Gasteiger partial charge < -0.3 is 10.1 Å². The number of anilines is 1. The molecule has 0 spiro atoms. The van der Waals surface area contributed by atoms with Crippen molar-refractivity contribution in [3.8, 4) is 22.8 Å². The van der Waals surface area contributed by atoms with E-state index >= 15 is 0 Å². The van der Waals surface area contributed by atoms with E-state index in [2.05, 4.69) is 31.4 Å². The fourth-order valence-electron chi connectivity index (χ4n) is 3.22. The van der Waals surface area contributed by atoms with E-state index in [4.69, 9.17) is 4.74 Å². The maximum Gasteiger partial charge on any atom is 0.234 e. The molecule has 4 rings (SSSR count). The molecular weight excluding hydrogens is 500 g/mol. The Morgan fingerprint density at radius 3 is 2.45 bits per heavy atom. The van der Waals surface area contributed by atoms with Crippen molar-refractivity contribution in [2.24, 2.45) is 0 Å². The Hall–Kier alpha value is -3.10. The Labute approximate surface area is 205 Å². The number of hydrogen-bond donors (Lipinski definition) is 1. The molecule has 8 heteroatoms. The van der Waals surface area contributed by atoms with Crippen LogP contribution in [-0.4, -0.2) is 33.0 Å². The van der Waals surface area contributed by atoms with Crippen molar-refractivity contribution in [3.05, 3.63) is 82.8 Å². The largest absolute Gasteiger partial charge is 0.494 e. The molecule has 1 aromatic heterocycles. The van der Waals surface area contributed by atoms with Crippen molar-refractivity contribution in [1.82, 2.24) is 14.8 Å². The van der Waals surface area contributed by atoms with Crippen molar-refractivity contribution in [2.45, 2.75) is 19.0 Å². The number of hydrogen-bond acceptors (Lipinski definition) is 5. The molecular formula is C25H23BrN4O2S. The van der Waals surface area contributed by atoms with E-state index in [1.165, 1.54) is 17.3 Å². The molecule has 6 nitrogen and oxygen atoms in total. The number of halogens is 1. The number of carbonyl (C=O) groups is 1. The molecule has 1 N–H and O–H groups in total. The third kappa shape index (κ3) is 5.64. The van der Waals surface area contributed by atoms with Crippen LogP contribution in [0.25, 0.3) is 17.1 Å². The first-order chi connectivity index (χ1) is 16.0. The molecule has 0 bridgehead atoms. The minimum absolute atomic E-state index is 0.120. The molecule has 4 aromatic rings. The topological polar surface area (TPSA) is 69.0 Å². The van der Waals surface area contributed by atoms with Crippen LogP contribution in [0.1, 0.15) is 12.5 Å². The van der Waals surface area contributed by atoms with E-state index in [1.54, 1.807) is 0 Å². The molecule has 0 aliphatic carbocycles. The van der Waals surface area contributed by atoms with Gasteiger partial charge in [0.25, 0.3) is 0 Å². The summed E-state index contributed by atoms with van der Waals surface area (Å²) in [4.78, 5) is 12.6. The number of aromatic nitrogens is 3. The summed E-state index contributed by atoms with van der Waals surface area (Å²) in [5.74, 6) is 1.59. The van der Waals surface area contributed by atoms with Gasteiger partial charge >= 0.3 is 0 Å². The molecule has 0 aliphatic rings. The molecule has 0 unspecified atom stereocenters. The van der Waals surface area contributed by atoms with Gasteiger partial charge in [-0.3, -0.25) is 9.36 Å². The summed E-state index contributed by atoms with van der Waals surface area (Å²) in [5.41, 5.74) is 3.75. The van der Waals surface area contributed by atoms with Crippen LogP contribution in [0, 0.1) is 6.92 Å². The number of benzene rings is 3. The molecule has 1 amide bonds. The second-order valence-electron chi connectivity index (χ2n) is 7.25. The molecule has 0 saturated heterocycles. The van der Waals surface area contributed by atoms with Gasteiger partial charge in [-0.15, -0.1) is 10.2 Å². The van der Waals surface area contributed by atoms with Gasteiger partial charge in [-0.1, -0.05) is 53.7 Å². The van der Waals surface area contributed by atoms with Crippen molar-refractivity contribution in [1.29, 1.82) is 0 Å². The van der Waals surface area contributed by atoms with Crippen molar-refractivity contribution in [2.75, 3.05) is 17.7 Å². The lowest BCUT2D eigenvalue weighted by atomic mass is 10.1. The maximum atomic E-state index is 12.6. The molecule has 0 atom stereocenters. The predicted octanol–water partition coefficient (Wildman–Crippen LogP) is 6.13. The summed E-state index contributed by atoms with van der Waals surface area (Å²) in [6, 6.07) is 23.5. The quantitative estimate of drug-likeness (QED) is 0.281. The summed E-state index contributed by atoms with van der Waals surface area (Å²) in [5, 5.41) is 12.4. The van der Waals surface area contributed by atoms with Gasteiger partial charge in [0, 0.05) is 15.7 Å². The van der Waals surface area contributed by atoms with Crippen LogP contribution < -0.4 is 10.1 Å². The molecule has 3 aromatic carbocycles. The van der Waals surface area contributed by atoms with Crippen LogP contribution in [0.5, 0.6) is 5.75 Å². The Morgan fingerprint density at radius 2 is 1.76 bits per heavy atom. The van der Waals surface area contributed by atoms with Crippen LogP contribution in [0.2, 0.25) is 0 Å². The van der Waals surface area contributed by atoms with Crippen molar-refractivity contribution >= 4 is 39.3 Å². The van der Waals surface area contributed by atoms with Gasteiger partial charge in [-0.2, -0.15) is 0 Å². The van der Waals surface area contributed by atoms with E-state index in [0.717, 1.165) is 27.2 Å². The average Bonchev–Trinajstić information content (AvgIpc) is 3.24. The lowest BCUT2D eigenvalue weighted by molar-refractivity contribution is -0.113. The van der Waals surface area contributed by atoms with E-state index in [-0.39, 0.29) is 11.7 Å². The number of aryl methyl sites for hydroxylation is 1. The Morgan fingerprint density at radius 1 is 1.03 bits per heavy atom. The maximum absolute atomic E-state index is 12.6. The van der Waals surface area contributed by atoms with Gasteiger partial charge in [0.05, 0.1) is 18.0 Å². The molecule has 0 saturated carbocycles. The summed E-state index contributed by atoms with van der Waals surface area (Å²) in [7, 11) is 0. The predicted molar refractivity (Wildman–Crippen MR) is 136 cm³/mol. The average molecular weight is 523 g/mol. The normalized spacial score (nSPS) is 10.8. The highest BCUT2D eigenvalue weighted by Gasteiger charge is 2.18. The van der Waals surface area contributed by atoms with Crippen LogP contribution in [0.4, 0.5) is 5.69 Å². The number of nitrogens with one attached hydrogen (secondary N) is 1. The number of amides is 1. The molecule has 168 valence electrons. The summed E-state index contributed by atoms with van der Waals surface area (Å²) >= 11 is 4.79. The highest BCUT2D eigenvalue weighted by Crippen LogP contribution is 2.29. The number of nitrogens with zero attached hydrogens (tertiary/aromatic N) is 3. The summed E-state index contributed by atoms with van der Waals surface area (Å²) in [6.07, 6.45) is 0. The Bertz CT molecular complexity index is 1240. The minimum atomic E-state index is -0.120. The zero-order chi connectivity index (χ0) is 23.2. The molecule has 33 heavy (non-hydrogen) atoms. The molecule has 1 heterocycles. The Kier molecular flexibility index (Phi) is 7.47. The van der Waals surface area contributed by atoms with E-state index in [9.17, 15) is 4.79 Å². The first kappa shape index (κ1) is 23.1. The molecule has 0 aliphatic heterocycles. The van der Waals surface area contributed by atoms with Gasteiger partial charge in [-0.05, 0) is 66.2 Å². The number of carbonyl (C=O) groups excluding carboxylic acids is 1. The Balaban J connectivity index is 1.61. The first-order valence-electron chi connectivity index (χ1n) is 10.5. The van der Waals surface area contributed by atoms with Gasteiger partial charge in [0.1, 0.15) is 5.75 Å². The van der Waals surface area contributed by atoms with E-state index < -0.39 is 0 Å². The van der Waals surface area contributed by atoms with Crippen LogP contribution in [0.3, 0.4) is 0 Å². The van der Waals surface area contributed by atoms with Gasteiger partial charge in [-0.25, -0.2) is 0 Å². The number of rotatable bonds is 8. The van der Waals surface area contributed by atoms with Crippen molar-refractivity contribution < 1.29 is 9.53 Å². The first-order valence-corrected chi connectivity index (χ1v) is 12.3. The minimum Gasteiger partial charge on any atom is -0.494 e. The third-order valence-electron chi connectivity index (χ3n) is 4.83. The third-order valence-corrected chi connectivity index (χ3v) is 6.45. The number of para-hydroxylation sites is 1. The SMILES string of the molecule is CCOc1ccc(-n2c(SCC(=O)Nc3ccccc3Br)nnc2-c2ccc(C)cc2)cc1. The smallest absolute Gasteiger partial charge is 0.234 e. The van der Waals surface area contributed by atoms with Crippen LogP contribution in [0.15, 0.2) is 82.4 Å². The fraction of sp³-hybridized carbons (Fsp3) is 0.160. The lowest BCUT2D eigenvalue weighted by Gasteiger charge is -2.12. The summed E-state index contributed by atoms with van der Waals surface area (Å²) in [6.45, 7) is 4.61. The van der Waals surface area contributed by atoms with Gasteiger partial charge in [0.2, 0.25) is 5.91 Å². The second kappa shape index (κ2) is 10.7. The highest BCUT2D eigenvalue weighted by atomic mass is 79.9. The van der Waals surface area contributed by atoms with E-state index in [0.29, 0.717) is 17.6 Å². The van der Waals surface area contributed by atoms with Gasteiger partial charge in [0.15, 0.2) is 11.0 Å². The fourth-order valence-corrected chi connectivity index (χ4v) is 4.36. The van der Waals surface area contributed by atoms with Crippen LogP contribution in [-0.2, 0) is 4.79 Å². The zero-order valence-electron chi connectivity index (χ0n) is 18.3. The monoisotopic (exact) mass is 522 g/mol. The zero-order valence-corrected chi connectivity index (χ0v) is 20.7.